The van der Waals surface area contributed by atoms with Gasteiger partial charge in [-0.1, -0.05) is 24.3 Å². The van der Waals surface area contributed by atoms with Crippen LogP contribution < -0.4 is 19.5 Å². The number of carbonyl (C=O) groups excluding carboxylic acids is 1. The van der Waals surface area contributed by atoms with Crippen LogP contribution in [0.15, 0.2) is 77.7 Å². The van der Waals surface area contributed by atoms with Crippen molar-refractivity contribution in [1.82, 2.24) is 0 Å². The molecule has 0 saturated carbocycles. The minimum atomic E-state index is -3.83. The van der Waals surface area contributed by atoms with Crippen molar-refractivity contribution in [2.24, 2.45) is 0 Å². The number of benzene rings is 3. The van der Waals surface area contributed by atoms with E-state index in [1.807, 2.05) is 0 Å². The second-order valence-electron chi connectivity index (χ2n) is 6.02. The maximum atomic E-state index is 12.6. The highest BCUT2D eigenvalue weighted by Gasteiger charge is 2.17. The van der Waals surface area contributed by atoms with Gasteiger partial charge in [-0.2, -0.15) is 0 Å². The second kappa shape index (κ2) is 8.66. The van der Waals surface area contributed by atoms with Gasteiger partial charge >= 0.3 is 0 Å². The maximum absolute atomic E-state index is 12.6. The predicted molar refractivity (Wildman–Crippen MR) is 111 cm³/mol. The Balaban J connectivity index is 1.81. The number of sulfonamides is 1. The summed E-state index contributed by atoms with van der Waals surface area (Å²) in [4.78, 5) is 12.6. The van der Waals surface area contributed by atoms with Crippen LogP contribution in [0.2, 0.25) is 0 Å². The first-order valence-corrected chi connectivity index (χ1v) is 10.1. The molecule has 29 heavy (non-hydrogen) atoms. The van der Waals surface area contributed by atoms with Crippen LogP contribution in [0.1, 0.15) is 10.4 Å². The van der Waals surface area contributed by atoms with E-state index >= 15 is 0 Å². The summed E-state index contributed by atoms with van der Waals surface area (Å²) in [5.41, 5.74) is 1.13. The summed E-state index contributed by atoms with van der Waals surface area (Å²) in [6, 6.07) is 19.3. The molecular formula is C21H20N2O5S. The summed E-state index contributed by atoms with van der Waals surface area (Å²) in [5.74, 6) is 0.549. The molecule has 3 aromatic carbocycles. The minimum absolute atomic E-state index is 0.0127. The number of carbonyl (C=O) groups is 1. The molecule has 1 amide bonds. The zero-order valence-corrected chi connectivity index (χ0v) is 16.7. The first kappa shape index (κ1) is 20.2. The largest absolute Gasteiger partial charge is 0.493 e. The van der Waals surface area contributed by atoms with Gasteiger partial charge in [-0.3, -0.25) is 9.52 Å². The van der Waals surface area contributed by atoms with Crippen LogP contribution in [-0.2, 0) is 10.0 Å². The van der Waals surface area contributed by atoms with Crippen LogP contribution in [0.25, 0.3) is 0 Å². The Labute approximate surface area is 169 Å². The van der Waals surface area contributed by atoms with Gasteiger partial charge in [-0.05, 0) is 42.5 Å². The molecule has 0 aliphatic rings. The SMILES string of the molecule is COc1ccc(NC(=O)c2cccc(S(=O)(=O)Nc3ccccc3)c2)cc1OC. The molecule has 8 heteroatoms. The molecule has 0 bridgehead atoms. The Morgan fingerprint density at radius 3 is 2.21 bits per heavy atom. The molecule has 0 atom stereocenters. The number of nitrogens with one attached hydrogen (secondary N) is 2. The minimum Gasteiger partial charge on any atom is -0.493 e. The van der Waals surface area contributed by atoms with Crippen LogP contribution in [-0.4, -0.2) is 28.5 Å². The summed E-state index contributed by atoms with van der Waals surface area (Å²) >= 11 is 0. The number of ether oxygens (including phenoxy) is 2. The molecule has 0 spiro atoms. The Hall–Kier alpha value is -3.52. The number of rotatable bonds is 7. The molecule has 3 rings (SSSR count). The lowest BCUT2D eigenvalue weighted by molar-refractivity contribution is 0.102. The highest BCUT2D eigenvalue weighted by Crippen LogP contribution is 2.30. The first-order chi connectivity index (χ1) is 13.9. The van der Waals surface area contributed by atoms with Crippen molar-refractivity contribution in [1.29, 1.82) is 0 Å². The molecule has 2 N–H and O–H groups in total. The Bertz CT molecular complexity index is 1110. The highest BCUT2D eigenvalue weighted by atomic mass is 32.2. The van der Waals surface area contributed by atoms with E-state index in [0.29, 0.717) is 22.9 Å². The van der Waals surface area contributed by atoms with E-state index in [1.54, 1.807) is 48.5 Å². The molecule has 0 saturated heterocycles. The average Bonchev–Trinajstić information content (AvgIpc) is 2.74. The third-order valence-electron chi connectivity index (χ3n) is 4.07. The molecule has 3 aromatic rings. The van der Waals surface area contributed by atoms with Crippen molar-refractivity contribution >= 4 is 27.3 Å². The standard InChI is InChI=1S/C21H20N2O5S/c1-27-19-12-11-17(14-20(19)28-2)22-21(24)15-7-6-10-18(13-15)29(25,26)23-16-8-4-3-5-9-16/h3-14,23H,1-2H3,(H,22,24). The van der Waals surface area contributed by atoms with Crippen molar-refractivity contribution in [2.75, 3.05) is 24.3 Å². The second-order valence-corrected chi connectivity index (χ2v) is 7.71. The number of methoxy groups -OCH3 is 2. The van der Waals surface area contributed by atoms with Gasteiger partial charge in [0.15, 0.2) is 11.5 Å². The molecule has 0 unspecified atom stereocenters. The summed E-state index contributed by atoms with van der Waals surface area (Å²) in [5, 5.41) is 2.72. The molecular weight excluding hydrogens is 392 g/mol. The molecule has 0 heterocycles. The van der Waals surface area contributed by atoms with Gasteiger partial charge in [0.1, 0.15) is 0 Å². The third-order valence-corrected chi connectivity index (χ3v) is 5.45. The smallest absolute Gasteiger partial charge is 0.261 e. The summed E-state index contributed by atoms with van der Waals surface area (Å²) in [6.07, 6.45) is 0. The summed E-state index contributed by atoms with van der Waals surface area (Å²) in [7, 11) is -0.812. The number of hydrogen-bond acceptors (Lipinski definition) is 5. The third kappa shape index (κ3) is 4.85. The number of amides is 1. The fraction of sp³-hybridized carbons (Fsp3) is 0.0952. The van der Waals surface area contributed by atoms with E-state index in [4.69, 9.17) is 9.47 Å². The topological polar surface area (TPSA) is 93.7 Å². The van der Waals surface area contributed by atoms with Gasteiger partial charge in [-0.25, -0.2) is 8.42 Å². The summed E-state index contributed by atoms with van der Waals surface area (Å²) < 4.78 is 38.1. The number of anilines is 2. The van der Waals surface area contributed by atoms with E-state index < -0.39 is 15.9 Å². The maximum Gasteiger partial charge on any atom is 0.261 e. The Morgan fingerprint density at radius 1 is 0.793 bits per heavy atom. The van der Waals surface area contributed by atoms with Crippen LogP contribution in [0.4, 0.5) is 11.4 Å². The van der Waals surface area contributed by atoms with Crippen LogP contribution in [0.5, 0.6) is 11.5 Å². The van der Waals surface area contributed by atoms with E-state index in [-0.39, 0.29) is 10.5 Å². The molecule has 0 aliphatic heterocycles. The van der Waals surface area contributed by atoms with Crippen molar-refractivity contribution in [2.45, 2.75) is 4.90 Å². The first-order valence-electron chi connectivity index (χ1n) is 8.64. The van der Waals surface area contributed by atoms with Crippen molar-refractivity contribution in [3.63, 3.8) is 0 Å². The number of para-hydroxylation sites is 1. The Kier molecular flexibility index (Phi) is 6.04. The Morgan fingerprint density at radius 2 is 1.52 bits per heavy atom. The van der Waals surface area contributed by atoms with Gasteiger partial charge in [0.05, 0.1) is 19.1 Å². The predicted octanol–water partition coefficient (Wildman–Crippen LogP) is 3.76. The lowest BCUT2D eigenvalue weighted by Crippen LogP contribution is -2.16. The van der Waals surface area contributed by atoms with Crippen molar-refractivity contribution < 1.29 is 22.7 Å². The molecule has 150 valence electrons. The van der Waals surface area contributed by atoms with E-state index in [1.165, 1.54) is 38.5 Å². The molecule has 7 nitrogen and oxygen atoms in total. The van der Waals surface area contributed by atoms with Crippen molar-refractivity contribution in [3.05, 3.63) is 78.4 Å². The van der Waals surface area contributed by atoms with Gasteiger partial charge in [0.25, 0.3) is 15.9 Å². The molecule has 0 radical (unpaired) electrons. The normalized spacial score (nSPS) is 10.8. The molecule has 0 aliphatic carbocycles. The van der Waals surface area contributed by atoms with E-state index in [0.717, 1.165) is 0 Å². The zero-order valence-electron chi connectivity index (χ0n) is 15.9. The van der Waals surface area contributed by atoms with Gasteiger partial charge in [0, 0.05) is 23.0 Å². The van der Waals surface area contributed by atoms with Gasteiger partial charge < -0.3 is 14.8 Å². The fourth-order valence-corrected chi connectivity index (χ4v) is 3.75. The lowest BCUT2D eigenvalue weighted by Gasteiger charge is -2.12. The van der Waals surface area contributed by atoms with Crippen molar-refractivity contribution in [3.8, 4) is 11.5 Å². The van der Waals surface area contributed by atoms with Crippen LogP contribution >= 0.6 is 0 Å². The average molecular weight is 412 g/mol. The molecule has 0 aromatic heterocycles. The monoisotopic (exact) mass is 412 g/mol. The van der Waals surface area contributed by atoms with Crippen LogP contribution in [0.3, 0.4) is 0 Å². The zero-order chi connectivity index (χ0) is 20.9. The number of hydrogen-bond donors (Lipinski definition) is 2. The van der Waals surface area contributed by atoms with Crippen LogP contribution in [0, 0.1) is 0 Å². The highest BCUT2D eigenvalue weighted by molar-refractivity contribution is 7.92. The quantitative estimate of drug-likeness (QED) is 0.616. The molecule has 0 fully saturated rings. The summed E-state index contributed by atoms with van der Waals surface area (Å²) in [6.45, 7) is 0. The van der Waals surface area contributed by atoms with Gasteiger partial charge in [0.2, 0.25) is 0 Å². The lowest BCUT2D eigenvalue weighted by atomic mass is 10.2. The fourth-order valence-electron chi connectivity index (χ4n) is 2.64. The van der Waals surface area contributed by atoms with E-state index in [2.05, 4.69) is 10.0 Å². The van der Waals surface area contributed by atoms with Gasteiger partial charge in [-0.15, -0.1) is 0 Å². The van der Waals surface area contributed by atoms with E-state index in [9.17, 15) is 13.2 Å².